The van der Waals surface area contributed by atoms with Crippen LogP contribution in [0.3, 0.4) is 0 Å². The van der Waals surface area contributed by atoms with E-state index in [1.54, 1.807) is 6.20 Å². The number of hydrogen-bond donors (Lipinski definition) is 0. The van der Waals surface area contributed by atoms with Crippen LogP contribution >= 0.6 is 0 Å². The highest BCUT2D eigenvalue weighted by Crippen LogP contribution is 2.21. The minimum atomic E-state index is -3.46. The molecule has 1 aromatic heterocycles. The lowest BCUT2D eigenvalue weighted by atomic mass is 10.1. The molecule has 7 nitrogen and oxygen atoms in total. The molecule has 0 radical (unpaired) electrons. The maximum atomic E-state index is 13.0. The van der Waals surface area contributed by atoms with Gasteiger partial charge in [0.25, 0.3) is 0 Å². The standard InChI is InChI=1S/C21H38N4O3S/c1-18(2)15-25-19(16-23(3)11-12-24-9-5-4-6-10-24)14-22-21(25)29(26,27)17-20-8-7-13-28-20/h14,18,20H,4-13,15-17H2,1-3H3/t20-/m0/s1. The fraction of sp³-hybridized carbons (Fsp3) is 0.857. The molecule has 1 atom stereocenters. The Morgan fingerprint density at radius 3 is 2.66 bits per heavy atom. The monoisotopic (exact) mass is 426 g/mol. The molecular formula is C21H38N4O3S. The van der Waals surface area contributed by atoms with Crippen LogP contribution in [0.15, 0.2) is 11.4 Å². The van der Waals surface area contributed by atoms with Crippen molar-refractivity contribution in [3.05, 3.63) is 11.9 Å². The van der Waals surface area contributed by atoms with Gasteiger partial charge in [0, 0.05) is 32.8 Å². The van der Waals surface area contributed by atoms with E-state index in [9.17, 15) is 8.42 Å². The molecule has 0 amide bonds. The van der Waals surface area contributed by atoms with E-state index in [4.69, 9.17) is 4.74 Å². The van der Waals surface area contributed by atoms with E-state index in [-0.39, 0.29) is 17.0 Å². The second-order valence-electron chi connectivity index (χ2n) is 9.09. The van der Waals surface area contributed by atoms with Crippen molar-refractivity contribution in [2.45, 2.75) is 70.3 Å². The van der Waals surface area contributed by atoms with Crippen LogP contribution in [-0.2, 0) is 27.7 Å². The Kier molecular flexibility index (Phi) is 8.13. The van der Waals surface area contributed by atoms with Crippen molar-refractivity contribution in [1.29, 1.82) is 0 Å². The second-order valence-corrected chi connectivity index (χ2v) is 11.0. The summed E-state index contributed by atoms with van der Waals surface area (Å²) >= 11 is 0. The van der Waals surface area contributed by atoms with Crippen molar-refractivity contribution in [3.8, 4) is 0 Å². The van der Waals surface area contributed by atoms with Crippen LogP contribution in [0, 0.1) is 5.92 Å². The van der Waals surface area contributed by atoms with E-state index in [1.807, 2.05) is 4.57 Å². The van der Waals surface area contributed by atoms with Gasteiger partial charge in [0.15, 0.2) is 0 Å². The molecule has 8 heteroatoms. The molecule has 0 spiro atoms. The molecule has 1 aromatic rings. The van der Waals surface area contributed by atoms with Crippen molar-refractivity contribution in [3.63, 3.8) is 0 Å². The molecule has 0 bridgehead atoms. The Morgan fingerprint density at radius 2 is 2.00 bits per heavy atom. The van der Waals surface area contributed by atoms with Gasteiger partial charge in [-0.3, -0.25) is 4.90 Å². The number of sulfone groups is 1. The largest absolute Gasteiger partial charge is 0.377 e. The molecule has 2 aliphatic rings. The van der Waals surface area contributed by atoms with Crippen LogP contribution in [-0.4, -0.2) is 79.5 Å². The number of imidazole rings is 1. The van der Waals surface area contributed by atoms with Gasteiger partial charge >= 0.3 is 0 Å². The van der Waals surface area contributed by atoms with Crippen molar-refractivity contribution in [2.24, 2.45) is 5.92 Å². The zero-order chi connectivity index (χ0) is 20.9. The number of likely N-dealkylation sites (N-methyl/N-ethyl adjacent to an activating group) is 1. The first-order chi connectivity index (χ1) is 13.8. The van der Waals surface area contributed by atoms with Gasteiger partial charge in [0.05, 0.1) is 23.7 Å². The number of piperidine rings is 1. The van der Waals surface area contributed by atoms with Gasteiger partial charge in [0.2, 0.25) is 15.0 Å². The van der Waals surface area contributed by atoms with E-state index in [0.717, 1.165) is 31.6 Å². The second kappa shape index (κ2) is 10.4. The first-order valence-corrected chi connectivity index (χ1v) is 12.8. The zero-order valence-electron chi connectivity index (χ0n) is 18.3. The molecule has 3 heterocycles. The van der Waals surface area contributed by atoms with Gasteiger partial charge in [-0.15, -0.1) is 0 Å². The van der Waals surface area contributed by atoms with E-state index in [0.29, 0.717) is 25.6 Å². The SMILES string of the molecule is CC(C)Cn1c(CN(C)CCN2CCCCC2)cnc1S(=O)(=O)C[C@@H]1CCCO1. The van der Waals surface area contributed by atoms with Crippen molar-refractivity contribution in [2.75, 3.05) is 45.6 Å². The average Bonchev–Trinajstić information content (AvgIpc) is 3.31. The number of ether oxygens (including phenoxy) is 1. The summed E-state index contributed by atoms with van der Waals surface area (Å²) in [5, 5.41) is 0.209. The number of aromatic nitrogens is 2. The summed E-state index contributed by atoms with van der Waals surface area (Å²) in [5.74, 6) is 0.380. The molecule has 2 fully saturated rings. The van der Waals surface area contributed by atoms with E-state index < -0.39 is 9.84 Å². The predicted molar refractivity (Wildman–Crippen MR) is 115 cm³/mol. The number of rotatable bonds is 10. The highest BCUT2D eigenvalue weighted by atomic mass is 32.2. The maximum absolute atomic E-state index is 13.0. The quantitative estimate of drug-likeness (QED) is 0.572. The summed E-state index contributed by atoms with van der Waals surface area (Å²) in [6.07, 6.45) is 7.27. The van der Waals surface area contributed by atoms with Crippen molar-refractivity contribution in [1.82, 2.24) is 19.4 Å². The maximum Gasteiger partial charge on any atom is 0.227 e. The average molecular weight is 427 g/mol. The number of nitrogens with zero attached hydrogens (tertiary/aromatic N) is 4. The normalized spacial score (nSPS) is 21.5. The van der Waals surface area contributed by atoms with Gasteiger partial charge in [-0.25, -0.2) is 13.4 Å². The lowest BCUT2D eigenvalue weighted by molar-refractivity contribution is 0.127. The third kappa shape index (κ3) is 6.51. The molecular weight excluding hydrogens is 388 g/mol. The topological polar surface area (TPSA) is 67.7 Å². The number of hydrogen-bond acceptors (Lipinski definition) is 6. The molecule has 0 unspecified atom stereocenters. The van der Waals surface area contributed by atoms with Crippen LogP contribution in [0.2, 0.25) is 0 Å². The first-order valence-electron chi connectivity index (χ1n) is 11.1. The lowest BCUT2D eigenvalue weighted by Gasteiger charge is -2.28. The van der Waals surface area contributed by atoms with Crippen LogP contribution in [0.4, 0.5) is 0 Å². The molecule has 2 aliphatic heterocycles. The van der Waals surface area contributed by atoms with Gasteiger partial charge in [-0.2, -0.15) is 0 Å². The molecule has 0 aliphatic carbocycles. The summed E-state index contributed by atoms with van der Waals surface area (Å²) in [7, 11) is -1.36. The van der Waals surface area contributed by atoms with Crippen LogP contribution < -0.4 is 0 Å². The van der Waals surface area contributed by atoms with Gasteiger partial charge < -0.3 is 14.2 Å². The van der Waals surface area contributed by atoms with E-state index in [2.05, 4.69) is 35.7 Å². The fourth-order valence-electron chi connectivity index (χ4n) is 4.27. The van der Waals surface area contributed by atoms with Gasteiger partial charge in [-0.1, -0.05) is 20.3 Å². The third-order valence-electron chi connectivity index (χ3n) is 5.84. The summed E-state index contributed by atoms with van der Waals surface area (Å²) < 4.78 is 33.6. The Balaban J connectivity index is 1.67. The predicted octanol–water partition coefficient (Wildman–Crippen LogP) is 2.41. The fourth-order valence-corrected chi connectivity index (χ4v) is 5.91. The molecule has 0 aromatic carbocycles. The summed E-state index contributed by atoms with van der Waals surface area (Å²) in [4.78, 5) is 9.18. The molecule has 166 valence electrons. The highest BCUT2D eigenvalue weighted by molar-refractivity contribution is 7.91. The minimum Gasteiger partial charge on any atom is -0.377 e. The molecule has 0 saturated carbocycles. The smallest absolute Gasteiger partial charge is 0.227 e. The Hall–Kier alpha value is -0.960. The third-order valence-corrected chi connectivity index (χ3v) is 7.53. The lowest BCUT2D eigenvalue weighted by Crippen LogP contribution is -2.36. The van der Waals surface area contributed by atoms with E-state index >= 15 is 0 Å². The molecule has 3 rings (SSSR count). The molecule has 2 saturated heterocycles. The van der Waals surface area contributed by atoms with Crippen LogP contribution in [0.5, 0.6) is 0 Å². The van der Waals surface area contributed by atoms with Gasteiger partial charge in [0.1, 0.15) is 0 Å². The van der Waals surface area contributed by atoms with Crippen LogP contribution in [0.25, 0.3) is 0 Å². The molecule has 0 N–H and O–H groups in total. The summed E-state index contributed by atoms with van der Waals surface area (Å²) in [5.41, 5.74) is 0.978. The first kappa shape index (κ1) is 22.7. The Morgan fingerprint density at radius 1 is 1.24 bits per heavy atom. The minimum absolute atomic E-state index is 0.0341. The Bertz CT molecular complexity index is 735. The van der Waals surface area contributed by atoms with Crippen molar-refractivity contribution >= 4 is 9.84 Å². The Labute approximate surface area is 176 Å². The van der Waals surface area contributed by atoms with Crippen LogP contribution in [0.1, 0.15) is 51.6 Å². The number of likely N-dealkylation sites (tertiary alicyclic amines) is 1. The summed E-state index contributed by atoms with van der Waals surface area (Å²) in [6.45, 7) is 10.7. The highest BCUT2D eigenvalue weighted by Gasteiger charge is 2.29. The zero-order valence-corrected chi connectivity index (χ0v) is 19.2. The molecule has 29 heavy (non-hydrogen) atoms. The summed E-state index contributed by atoms with van der Waals surface area (Å²) in [6, 6.07) is 0. The van der Waals surface area contributed by atoms with Crippen molar-refractivity contribution < 1.29 is 13.2 Å². The van der Waals surface area contributed by atoms with Gasteiger partial charge in [-0.05, 0) is 51.7 Å². The van der Waals surface area contributed by atoms with E-state index in [1.165, 1.54) is 32.4 Å².